The monoisotopic (exact) mass is 264 g/mol. The van der Waals surface area contributed by atoms with Crippen molar-refractivity contribution in [1.29, 1.82) is 0 Å². The summed E-state index contributed by atoms with van der Waals surface area (Å²) in [5, 5.41) is 2.15. The number of nitrogens with one attached hydrogen (secondary N) is 1. The minimum absolute atomic E-state index is 0.293. The van der Waals surface area contributed by atoms with Crippen molar-refractivity contribution in [2.75, 3.05) is 13.1 Å². The number of piperidine rings is 1. The molecule has 2 aliphatic carbocycles. The predicted octanol–water partition coefficient (Wildman–Crippen LogP) is 3.11. The molecule has 3 rings (SSSR count). The molecule has 19 heavy (non-hydrogen) atoms. The Balaban J connectivity index is 1.49. The Hall–Kier alpha value is -0.570. The molecule has 3 fully saturated rings. The van der Waals surface area contributed by atoms with Crippen LogP contribution in [0.25, 0.3) is 0 Å². The van der Waals surface area contributed by atoms with E-state index in [1.807, 2.05) is 0 Å². The summed E-state index contributed by atoms with van der Waals surface area (Å²) >= 11 is 0. The van der Waals surface area contributed by atoms with Gasteiger partial charge in [-0.25, -0.2) is 5.01 Å². The van der Waals surface area contributed by atoms with Crippen LogP contribution >= 0.6 is 0 Å². The summed E-state index contributed by atoms with van der Waals surface area (Å²) in [5.74, 6) is 2.39. The van der Waals surface area contributed by atoms with E-state index in [0.29, 0.717) is 11.8 Å². The molecule has 1 N–H and O–H groups in total. The summed E-state index contributed by atoms with van der Waals surface area (Å²) < 4.78 is 0. The van der Waals surface area contributed by atoms with Gasteiger partial charge in [0, 0.05) is 19.0 Å². The number of fused-ring (bicyclic) bond motifs is 1. The second-order valence-electron chi connectivity index (χ2n) is 6.84. The molecule has 0 radical (unpaired) electrons. The third-order valence-electron chi connectivity index (χ3n) is 5.53. The second kappa shape index (κ2) is 6.25. The molecule has 1 amide bonds. The van der Waals surface area contributed by atoms with Gasteiger partial charge in [0.25, 0.3) is 0 Å². The van der Waals surface area contributed by atoms with Gasteiger partial charge in [0.2, 0.25) is 5.91 Å². The standard InChI is InChI=1S/C16H28N2O/c19-16(17-18-10-4-1-5-11-18)15-9-8-13-6-2-3-7-14(13)12-15/h13-15H,1-12H2,(H,17,19)/t13-,14+,15+/m0/s1. The quantitative estimate of drug-likeness (QED) is 0.831. The van der Waals surface area contributed by atoms with Gasteiger partial charge in [-0.2, -0.15) is 0 Å². The highest BCUT2D eigenvalue weighted by molar-refractivity contribution is 5.78. The molecule has 0 unspecified atom stereocenters. The third-order valence-corrected chi connectivity index (χ3v) is 5.53. The smallest absolute Gasteiger partial charge is 0.237 e. The number of nitrogens with zero attached hydrogens (tertiary/aromatic N) is 1. The third kappa shape index (κ3) is 3.31. The van der Waals surface area contributed by atoms with E-state index < -0.39 is 0 Å². The summed E-state index contributed by atoms with van der Waals surface area (Å²) in [7, 11) is 0. The summed E-state index contributed by atoms with van der Waals surface area (Å²) in [5.41, 5.74) is 3.18. The van der Waals surface area contributed by atoms with E-state index in [2.05, 4.69) is 10.4 Å². The van der Waals surface area contributed by atoms with Crippen LogP contribution in [-0.4, -0.2) is 24.0 Å². The Bertz CT molecular complexity index is 312. The second-order valence-corrected chi connectivity index (χ2v) is 6.84. The van der Waals surface area contributed by atoms with E-state index in [4.69, 9.17) is 0 Å². The fourth-order valence-corrected chi connectivity index (χ4v) is 4.36. The van der Waals surface area contributed by atoms with Gasteiger partial charge in [-0.05, 0) is 43.9 Å². The van der Waals surface area contributed by atoms with Crippen molar-refractivity contribution in [2.24, 2.45) is 17.8 Å². The molecular weight excluding hydrogens is 236 g/mol. The average Bonchev–Trinajstić information content (AvgIpc) is 2.48. The maximum Gasteiger partial charge on any atom is 0.237 e. The zero-order chi connectivity index (χ0) is 13.1. The molecule has 1 saturated heterocycles. The molecule has 1 heterocycles. The van der Waals surface area contributed by atoms with E-state index in [1.165, 1.54) is 51.4 Å². The molecule has 2 saturated carbocycles. The normalized spacial score (nSPS) is 36.5. The molecule has 0 aromatic heterocycles. The van der Waals surface area contributed by atoms with Crippen molar-refractivity contribution in [3.05, 3.63) is 0 Å². The number of hydrogen-bond donors (Lipinski definition) is 1. The molecule has 0 spiro atoms. The first-order chi connectivity index (χ1) is 9.33. The van der Waals surface area contributed by atoms with Gasteiger partial charge >= 0.3 is 0 Å². The summed E-state index contributed by atoms with van der Waals surface area (Å²) in [6.45, 7) is 2.09. The minimum atomic E-state index is 0.293. The molecular formula is C16H28N2O. The average molecular weight is 264 g/mol. The summed E-state index contributed by atoms with van der Waals surface area (Å²) in [6.07, 6.45) is 13.0. The van der Waals surface area contributed by atoms with Crippen LogP contribution < -0.4 is 5.43 Å². The summed E-state index contributed by atoms with van der Waals surface area (Å²) in [4.78, 5) is 12.4. The Kier molecular flexibility index (Phi) is 4.42. The van der Waals surface area contributed by atoms with Crippen LogP contribution in [0.5, 0.6) is 0 Å². The molecule has 108 valence electrons. The molecule has 0 bridgehead atoms. The van der Waals surface area contributed by atoms with Crippen LogP contribution in [0.15, 0.2) is 0 Å². The number of carbonyl (C=O) groups is 1. The number of hydrazine groups is 1. The van der Waals surface area contributed by atoms with Crippen molar-refractivity contribution in [3.63, 3.8) is 0 Å². The Morgan fingerprint density at radius 3 is 2.37 bits per heavy atom. The fraction of sp³-hybridized carbons (Fsp3) is 0.938. The number of rotatable bonds is 2. The number of hydrogen-bond acceptors (Lipinski definition) is 2. The van der Waals surface area contributed by atoms with E-state index in [1.54, 1.807) is 0 Å². The highest BCUT2D eigenvalue weighted by Gasteiger charge is 2.35. The molecule has 3 nitrogen and oxygen atoms in total. The maximum absolute atomic E-state index is 12.4. The van der Waals surface area contributed by atoms with Crippen molar-refractivity contribution >= 4 is 5.91 Å². The lowest BCUT2D eigenvalue weighted by Crippen LogP contribution is -2.48. The van der Waals surface area contributed by atoms with Crippen LogP contribution in [0, 0.1) is 17.8 Å². The van der Waals surface area contributed by atoms with Gasteiger partial charge in [-0.15, -0.1) is 0 Å². The molecule has 3 aliphatic rings. The van der Waals surface area contributed by atoms with Gasteiger partial charge < -0.3 is 0 Å². The van der Waals surface area contributed by atoms with E-state index in [9.17, 15) is 4.79 Å². The van der Waals surface area contributed by atoms with Gasteiger partial charge in [0.05, 0.1) is 0 Å². The summed E-state index contributed by atoms with van der Waals surface area (Å²) in [6, 6.07) is 0. The highest BCUT2D eigenvalue weighted by atomic mass is 16.2. The van der Waals surface area contributed by atoms with E-state index in [-0.39, 0.29) is 0 Å². The lowest BCUT2D eigenvalue weighted by Gasteiger charge is -2.39. The van der Waals surface area contributed by atoms with E-state index >= 15 is 0 Å². The first kappa shape index (κ1) is 13.4. The fourth-order valence-electron chi connectivity index (χ4n) is 4.36. The van der Waals surface area contributed by atoms with Crippen LogP contribution in [0.1, 0.15) is 64.2 Å². The van der Waals surface area contributed by atoms with Crippen molar-refractivity contribution in [1.82, 2.24) is 10.4 Å². The van der Waals surface area contributed by atoms with Gasteiger partial charge in [-0.3, -0.25) is 10.2 Å². The minimum Gasteiger partial charge on any atom is -0.289 e. The van der Waals surface area contributed by atoms with Crippen LogP contribution in [0.3, 0.4) is 0 Å². The first-order valence-corrected chi connectivity index (χ1v) is 8.38. The van der Waals surface area contributed by atoms with Gasteiger partial charge in [-0.1, -0.05) is 32.1 Å². The Morgan fingerprint density at radius 1 is 0.842 bits per heavy atom. The predicted molar refractivity (Wildman–Crippen MR) is 76.4 cm³/mol. The topological polar surface area (TPSA) is 32.3 Å². The molecule has 3 atom stereocenters. The Morgan fingerprint density at radius 2 is 1.58 bits per heavy atom. The molecule has 0 aromatic rings. The van der Waals surface area contributed by atoms with Crippen molar-refractivity contribution in [3.8, 4) is 0 Å². The lowest BCUT2D eigenvalue weighted by atomic mass is 9.67. The van der Waals surface area contributed by atoms with Crippen LogP contribution in [-0.2, 0) is 4.79 Å². The lowest BCUT2D eigenvalue weighted by molar-refractivity contribution is -0.132. The zero-order valence-corrected chi connectivity index (χ0v) is 12.1. The van der Waals surface area contributed by atoms with Crippen LogP contribution in [0.2, 0.25) is 0 Å². The maximum atomic E-state index is 12.4. The van der Waals surface area contributed by atoms with E-state index in [0.717, 1.165) is 37.8 Å². The van der Waals surface area contributed by atoms with Crippen molar-refractivity contribution < 1.29 is 4.79 Å². The highest BCUT2D eigenvalue weighted by Crippen LogP contribution is 2.42. The van der Waals surface area contributed by atoms with Gasteiger partial charge in [0.15, 0.2) is 0 Å². The van der Waals surface area contributed by atoms with Crippen molar-refractivity contribution in [2.45, 2.75) is 64.2 Å². The van der Waals surface area contributed by atoms with Crippen LogP contribution in [0.4, 0.5) is 0 Å². The number of carbonyl (C=O) groups excluding carboxylic acids is 1. The molecule has 3 heteroatoms. The zero-order valence-electron chi connectivity index (χ0n) is 12.1. The largest absolute Gasteiger partial charge is 0.289 e. The number of amides is 1. The molecule has 0 aromatic carbocycles. The first-order valence-electron chi connectivity index (χ1n) is 8.38. The Labute approximate surface area is 117 Å². The SMILES string of the molecule is O=C(NN1CCCCC1)[C@@H]1CC[C@@H]2CCCC[C@@H]2C1. The molecule has 1 aliphatic heterocycles. The van der Waals surface area contributed by atoms with Gasteiger partial charge in [0.1, 0.15) is 0 Å².